The Balaban J connectivity index is 1.72. The second kappa shape index (κ2) is 7.09. The summed E-state index contributed by atoms with van der Waals surface area (Å²) in [5.41, 5.74) is 4.48. The summed E-state index contributed by atoms with van der Waals surface area (Å²) in [5, 5.41) is 62.6. The van der Waals surface area contributed by atoms with Gasteiger partial charge in [-0.15, -0.1) is 0 Å². The fraction of sp³-hybridized carbons (Fsp3) is 0.143. The molecular weight excluding hydrogens is 432 g/mol. The number of rotatable bonds is 2. The van der Waals surface area contributed by atoms with Gasteiger partial charge in [0.1, 0.15) is 34.5 Å². The van der Waals surface area contributed by atoms with Crippen molar-refractivity contribution in [3.63, 3.8) is 0 Å². The maximum Gasteiger partial charge on any atom is 0.123 e. The van der Waals surface area contributed by atoms with Crippen LogP contribution in [0, 0.1) is 0 Å². The Morgan fingerprint density at radius 1 is 0.412 bits per heavy atom. The van der Waals surface area contributed by atoms with Crippen molar-refractivity contribution in [1.29, 1.82) is 0 Å². The highest BCUT2D eigenvalue weighted by Crippen LogP contribution is 2.68. The van der Waals surface area contributed by atoms with Crippen LogP contribution in [0.1, 0.15) is 57.1 Å². The predicted octanol–water partition coefficient (Wildman–Crippen LogP) is 5.08. The summed E-state index contributed by atoms with van der Waals surface area (Å²) in [6.07, 6.45) is 0. The molecule has 6 rings (SSSR count). The SMILES string of the molecule is Oc1ccc([C@@H]2c3c(O)cc(O)cc3[C@H]3c4c(O)cc(O)cc4[C@@H]2[C@@H]3c2ccc(O)cc2)cc1. The Bertz CT molecular complexity index is 1430. The van der Waals surface area contributed by atoms with E-state index >= 15 is 0 Å². The minimum Gasteiger partial charge on any atom is -0.508 e. The number of fused-ring (bicyclic) bond motifs is 7. The second-order valence-electron chi connectivity index (χ2n) is 9.13. The first-order valence-electron chi connectivity index (χ1n) is 11.0. The number of benzene rings is 4. The van der Waals surface area contributed by atoms with Gasteiger partial charge in [0, 0.05) is 46.9 Å². The van der Waals surface area contributed by atoms with Gasteiger partial charge < -0.3 is 30.6 Å². The fourth-order valence-electron chi connectivity index (χ4n) is 6.15. The van der Waals surface area contributed by atoms with Crippen LogP contribution in [0.4, 0.5) is 0 Å². The van der Waals surface area contributed by atoms with Gasteiger partial charge in [-0.3, -0.25) is 0 Å². The topological polar surface area (TPSA) is 121 Å². The summed E-state index contributed by atoms with van der Waals surface area (Å²) in [6.45, 7) is 0. The second-order valence-corrected chi connectivity index (χ2v) is 9.13. The Morgan fingerprint density at radius 3 is 1.44 bits per heavy atom. The number of phenolic OH excluding ortho intramolecular Hbond substituents is 6. The number of aromatic hydroxyl groups is 6. The van der Waals surface area contributed by atoms with Gasteiger partial charge in [-0.2, -0.15) is 0 Å². The molecule has 34 heavy (non-hydrogen) atoms. The van der Waals surface area contributed by atoms with Crippen molar-refractivity contribution in [2.75, 3.05) is 0 Å². The van der Waals surface area contributed by atoms with Crippen LogP contribution < -0.4 is 0 Å². The standard InChI is InChI=1S/C28H22O6/c29-15-5-1-13(2-6-15)23-25-19(9-17(31)11-21(25)33)28-24(14-3-7-16(30)8-4-14)27(23)20-10-18(32)12-22(34)26(20)28/h1-12,23-24,27-34H/t23-,24+,27+,28-/m1/s1. The first kappa shape index (κ1) is 20.3. The fourth-order valence-corrected chi connectivity index (χ4v) is 6.15. The van der Waals surface area contributed by atoms with Crippen LogP contribution in [0.15, 0.2) is 72.8 Å². The van der Waals surface area contributed by atoms with E-state index in [1.807, 2.05) is 12.1 Å². The van der Waals surface area contributed by atoms with E-state index < -0.39 is 11.8 Å². The van der Waals surface area contributed by atoms with Crippen molar-refractivity contribution in [3.05, 3.63) is 106 Å². The Labute approximate surface area is 195 Å². The zero-order chi connectivity index (χ0) is 23.7. The molecule has 0 amide bonds. The smallest absolute Gasteiger partial charge is 0.123 e. The van der Waals surface area contributed by atoms with Crippen LogP contribution in [0.5, 0.6) is 34.5 Å². The molecule has 4 aromatic carbocycles. The molecule has 0 aromatic heterocycles. The average Bonchev–Trinajstić information content (AvgIpc) is 3.05. The Kier molecular flexibility index (Phi) is 4.23. The zero-order valence-electron chi connectivity index (χ0n) is 17.9. The van der Waals surface area contributed by atoms with Gasteiger partial charge >= 0.3 is 0 Å². The first-order chi connectivity index (χ1) is 16.3. The van der Waals surface area contributed by atoms with Crippen molar-refractivity contribution in [2.45, 2.75) is 23.7 Å². The molecular formula is C28H22O6. The quantitative estimate of drug-likeness (QED) is 0.251. The van der Waals surface area contributed by atoms with Gasteiger partial charge in [0.2, 0.25) is 0 Å². The molecule has 0 fully saturated rings. The highest BCUT2D eigenvalue weighted by atomic mass is 16.3. The van der Waals surface area contributed by atoms with Gasteiger partial charge in [0.05, 0.1) is 0 Å². The molecule has 6 nitrogen and oxygen atoms in total. The summed E-state index contributed by atoms with van der Waals surface area (Å²) >= 11 is 0. The average molecular weight is 454 g/mol. The molecule has 0 spiro atoms. The summed E-state index contributed by atoms with van der Waals surface area (Å²) in [4.78, 5) is 0. The van der Waals surface area contributed by atoms with Crippen molar-refractivity contribution < 1.29 is 30.6 Å². The van der Waals surface area contributed by atoms with Crippen molar-refractivity contribution in [3.8, 4) is 34.5 Å². The van der Waals surface area contributed by atoms with E-state index in [2.05, 4.69) is 0 Å². The number of phenols is 6. The molecule has 6 N–H and O–H groups in total. The first-order valence-corrected chi connectivity index (χ1v) is 11.0. The summed E-state index contributed by atoms with van der Waals surface area (Å²) in [6, 6.07) is 19.6. The van der Waals surface area contributed by atoms with Gasteiger partial charge in [-0.05, 0) is 58.7 Å². The third kappa shape index (κ3) is 2.81. The van der Waals surface area contributed by atoms with E-state index in [-0.39, 0.29) is 46.3 Å². The molecule has 170 valence electrons. The van der Waals surface area contributed by atoms with E-state index in [0.717, 1.165) is 16.7 Å². The molecule has 4 aromatic rings. The largest absolute Gasteiger partial charge is 0.508 e. The minimum absolute atomic E-state index is 0.0496. The molecule has 6 heteroatoms. The maximum absolute atomic E-state index is 11.0. The Morgan fingerprint density at radius 2 is 0.882 bits per heavy atom. The van der Waals surface area contributed by atoms with E-state index in [0.29, 0.717) is 16.7 Å². The number of hydrogen-bond donors (Lipinski definition) is 6. The normalized spacial score (nSPS) is 22.2. The lowest BCUT2D eigenvalue weighted by Crippen LogP contribution is -2.26. The molecule has 4 atom stereocenters. The van der Waals surface area contributed by atoms with Crippen LogP contribution in [0.3, 0.4) is 0 Å². The van der Waals surface area contributed by atoms with Crippen LogP contribution in [0.2, 0.25) is 0 Å². The Hall–Kier alpha value is -4.32. The summed E-state index contributed by atoms with van der Waals surface area (Å²) < 4.78 is 0. The maximum atomic E-state index is 11.0. The third-order valence-corrected chi connectivity index (χ3v) is 7.30. The minimum atomic E-state index is -0.397. The summed E-state index contributed by atoms with van der Waals surface area (Å²) in [5.74, 6) is -1.29. The third-order valence-electron chi connectivity index (χ3n) is 7.30. The molecule has 0 saturated carbocycles. The molecule has 0 heterocycles. The lowest BCUT2D eigenvalue weighted by Gasteiger charge is -2.40. The molecule has 0 radical (unpaired) electrons. The zero-order valence-corrected chi connectivity index (χ0v) is 17.9. The van der Waals surface area contributed by atoms with Gasteiger partial charge in [-0.25, -0.2) is 0 Å². The van der Waals surface area contributed by atoms with Crippen LogP contribution in [-0.4, -0.2) is 30.6 Å². The molecule has 0 aliphatic heterocycles. The lowest BCUT2D eigenvalue weighted by molar-refractivity contribution is 0.406. The van der Waals surface area contributed by atoms with Crippen LogP contribution >= 0.6 is 0 Å². The molecule has 2 aliphatic rings. The van der Waals surface area contributed by atoms with Crippen LogP contribution in [0.25, 0.3) is 0 Å². The molecule has 0 saturated heterocycles. The van der Waals surface area contributed by atoms with E-state index in [1.54, 1.807) is 48.5 Å². The van der Waals surface area contributed by atoms with Gasteiger partial charge in [-0.1, -0.05) is 24.3 Å². The highest BCUT2D eigenvalue weighted by molar-refractivity contribution is 5.68. The predicted molar refractivity (Wildman–Crippen MR) is 125 cm³/mol. The van der Waals surface area contributed by atoms with Gasteiger partial charge in [0.25, 0.3) is 0 Å². The van der Waals surface area contributed by atoms with E-state index in [4.69, 9.17) is 0 Å². The van der Waals surface area contributed by atoms with Crippen molar-refractivity contribution in [1.82, 2.24) is 0 Å². The van der Waals surface area contributed by atoms with Gasteiger partial charge in [0.15, 0.2) is 0 Å². The van der Waals surface area contributed by atoms with Crippen molar-refractivity contribution in [2.24, 2.45) is 0 Å². The highest BCUT2D eigenvalue weighted by Gasteiger charge is 2.53. The van der Waals surface area contributed by atoms with E-state index in [1.165, 1.54) is 12.1 Å². The van der Waals surface area contributed by atoms with Crippen LogP contribution in [-0.2, 0) is 0 Å². The van der Waals surface area contributed by atoms with E-state index in [9.17, 15) is 30.6 Å². The molecule has 2 bridgehead atoms. The molecule has 0 unspecified atom stereocenters. The monoisotopic (exact) mass is 454 g/mol. The number of hydrogen-bond acceptors (Lipinski definition) is 6. The lowest BCUT2D eigenvalue weighted by atomic mass is 9.63. The summed E-state index contributed by atoms with van der Waals surface area (Å²) in [7, 11) is 0. The molecule has 2 aliphatic carbocycles. The van der Waals surface area contributed by atoms with Crippen molar-refractivity contribution >= 4 is 0 Å².